The third kappa shape index (κ3) is 4.31. The molecule has 1 heterocycles. The molecule has 1 aromatic heterocycles. The monoisotopic (exact) mass is 435 g/mol. The summed E-state index contributed by atoms with van der Waals surface area (Å²) in [6.45, 7) is 0. The maximum atomic E-state index is 14.5. The second kappa shape index (κ2) is 7.03. The van der Waals surface area contributed by atoms with Gasteiger partial charge in [0.05, 0.1) is 11.4 Å². The van der Waals surface area contributed by atoms with Crippen molar-refractivity contribution in [3.8, 4) is 22.7 Å². The molecular weight excluding hydrogens is 425 g/mol. The van der Waals surface area contributed by atoms with E-state index in [9.17, 15) is 35.2 Å². The Morgan fingerprint density at radius 1 is 1.03 bits per heavy atom. The van der Waals surface area contributed by atoms with Crippen LogP contribution in [0.4, 0.5) is 22.0 Å². The van der Waals surface area contributed by atoms with Gasteiger partial charge in [-0.2, -0.15) is 0 Å². The minimum absolute atomic E-state index is 0.0275. The van der Waals surface area contributed by atoms with Gasteiger partial charge in [-0.3, -0.25) is 0 Å². The van der Waals surface area contributed by atoms with Crippen LogP contribution in [0.25, 0.3) is 16.9 Å². The standard InChI is InChI=1S/C17H10F5NO5S/c1-29(25,26)15-7-12(18)11(6-13(15)19)14-8-27-16(24)23(14)9-2-4-10(5-3-9)28-17(20,21)22/h2-8H,1H3. The van der Waals surface area contributed by atoms with Gasteiger partial charge in [-0.15, -0.1) is 13.2 Å². The number of benzene rings is 2. The van der Waals surface area contributed by atoms with Crippen LogP contribution in [-0.4, -0.2) is 25.6 Å². The van der Waals surface area contributed by atoms with Gasteiger partial charge in [0.2, 0.25) is 0 Å². The van der Waals surface area contributed by atoms with E-state index in [0.717, 1.165) is 35.1 Å². The Balaban J connectivity index is 2.10. The van der Waals surface area contributed by atoms with Crippen molar-refractivity contribution in [2.75, 3.05) is 6.26 Å². The number of nitrogens with zero attached hydrogens (tertiary/aromatic N) is 1. The number of rotatable bonds is 4. The van der Waals surface area contributed by atoms with Gasteiger partial charge in [0.1, 0.15) is 28.5 Å². The fourth-order valence-electron chi connectivity index (χ4n) is 2.54. The average molecular weight is 435 g/mol. The summed E-state index contributed by atoms with van der Waals surface area (Å²) in [5, 5.41) is 0. The molecule has 0 unspecified atom stereocenters. The van der Waals surface area contributed by atoms with Gasteiger partial charge in [0.15, 0.2) is 9.84 Å². The number of hydrogen-bond donors (Lipinski definition) is 0. The lowest BCUT2D eigenvalue weighted by Crippen LogP contribution is -2.17. The number of hydrogen-bond acceptors (Lipinski definition) is 5. The summed E-state index contributed by atoms with van der Waals surface area (Å²) in [6, 6.07) is 5.00. The molecule has 6 nitrogen and oxygen atoms in total. The molecule has 0 saturated carbocycles. The molecule has 0 radical (unpaired) electrons. The summed E-state index contributed by atoms with van der Waals surface area (Å²) < 4.78 is 97.6. The highest BCUT2D eigenvalue weighted by atomic mass is 32.2. The van der Waals surface area contributed by atoms with Crippen LogP contribution in [-0.2, 0) is 9.84 Å². The number of aromatic nitrogens is 1. The van der Waals surface area contributed by atoms with Crippen LogP contribution in [0, 0.1) is 11.6 Å². The predicted octanol–water partition coefficient (Wildman–Crippen LogP) is 3.68. The molecule has 0 spiro atoms. The van der Waals surface area contributed by atoms with E-state index in [0.29, 0.717) is 18.4 Å². The van der Waals surface area contributed by atoms with Gasteiger partial charge in [-0.05, 0) is 36.4 Å². The Labute approximate surface area is 159 Å². The summed E-state index contributed by atoms with van der Waals surface area (Å²) in [4.78, 5) is 11.2. The van der Waals surface area contributed by atoms with Gasteiger partial charge in [0.25, 0.3) is 0 Å². The van der Waals surface area contributed by atoms with Crippen molar-refractivity contribution in [1.82, 2.24) is 4.57 Å². The van der Waals surface area contributed by atoms with E-state index in [4.69, 9.17) is 4.42 Å². The first-order valence-corrected chi connectivity index (χ1v) is 9.52. The second-order valence-corrected chi connectivity index (χ2v) is 7.78. The topological polar surface area (TPSA) is 78.5 Å². The largest absolute Gasteiger partial charge is 0.573 e. The third-order valence-corrected chi connectivity index (χ3v) is 4.83. The maximum absolute atomic E-state index is 14.5. The molecule has 0 fully saturated rings. The number of sulfone groups is 1. The van der Waals surface area contributed by atoms with Crippen LogP contribution in [0.2, 0.25) is 0 Å². The summed E-state index contributed by atoms with van der Waals surface area (Å²) in [7, 11) is -4.04. The van der Waals surface area contributed by atoms with Gasteiger partial charge >= 0.3 is 12.1 Å². The Morgan fingerprint density at radius 3 is 2.21 bits per heavy atom. The average Bonchev–Trinajstić information content (AvgIpc) is 2.96. The fourth-order valence-corrected chi connectivity index (χ4v) is 3.28. The van der Waals surface area contributed by atoms with E-state index in [1.165, 1.54) is 0 Å². The quantitative estimate of drug-likeness (QED) is 0.585. The molecule has 0 saturated heterocycles. The summed E-state index contributed by atoms with van der Waals surface area (Å²) >= 11 is 0. The van der Waals surface area contributed by atoms with Crippen LogP contribution in [0.15, 0.2) is 56.8 Å². The van der Waals surface area contributed by atoms with E-state index in [1.807, 2.05) is 0 Å². The number of alkyl halides is 3. The van der Waals surface area contributed by atoms with E-state index in [1.54, 1.807) is 0 Å². The zero-order chi connectivity index (χ0) is 21.6. The van der Waals surface area contributed by atoms with Crippen LogP contribution < -0.4 is 10.5 Å². The zero-order valence-electron chi connectivity index (χ0n) is 14.3. The molecule has 3 aromatic rings. The van der Waals surface area contributed by atoms with Crippen molar-refractivity contribution in [2.45, 2.75) is 11.3 Å². The third-order valence-electron chi connectivity index (χ3n) is 3.72. The smallest absolute Gasteiger partial charge is 0.415 e. The van der Waals surface area contributed by atoms with Crippen molar-refractivity contribution >= 4 is 9.84 Å². The summed E-state index contributed by atoms with van der Waals surface area (Å²) in [5.74, 6) is -4.00. The molecule has 0 aliphatic rings. The van der Waals surface area contributed by atoms with Crippen molar-refractivity contribution in [3.05, 3.63) is 64.8 Å². The lowest BCUT2D eigenvalue weighted by molar-refractivity contribution is -0.274. The van der Waals surface area contributed by atoms with Crippen molar-refractivity contribution in [2.24, 2.45) is 0 Å². The van der Waals surface area contributed by atoms with Gasteiger partial charge in [-0.1, -0.05) is 0 Å². The molecule has 12 heteroatoms. The minimum atomic E-state index is -4.92. The zero-order valence-corrected chi connectivity index (χ0v) is 15.1. The van der Waals surface area contributed by atoms with Gasteiger partial charge in [-0.25, -0.2) is 26.6 Å². The van der Waals surface area contributed by atoms with E-state index in [2.05, 4.69) is 4.74 Å². The molecule has 0 bridgehead atoms. The van der Waals surface area contributed by atoms with Crippen molar-refractivity contribution in [3.63, 3.8) is 0 Å². The van der Waals surface area contributed by atoms with Crippen molar-refractivity contribution in [1.29, 1.82) is 0 Å². The van der Waals surface area contributed by atoms with Gasteiger partial charge < -0.3 is 9.15 Å². The number of ether oxygens (including phenoxy) is 1. The van der Waals surface area contributed by atoms with Crippen molar-refractivity contribution < 1.29 is 39.5 Å². The molecule has 0 atom stereocenters. The van der Waals surface area contributed by atoms with Crippen LogP contribution in [0.5, 0.6) is 5.75 Å². The molecule has 2 aromatic carbocycles. The number of oxazole rings is 1. The lowest BCUT2D eigenvalue weighted by Gasteiger charge is -2.11. The van der Waals surface area contributed by atoms with Crippen LogP contribution >= 0.6 is 0 Å². The van der Waals surface area contributed by atoms with Crippen LogP contribution in [0.3, 0.4) is 0 Å². The molecular formula is C17H10F5NO5S. The fraction of sp³-hybridized carbons (Fsp3) is 0.118. The summed E-state index contributed by atoms with van der Waals surface area (Å²) in [6.07, 6.45) is -3.41. The molecule has 0 amide bonds. The Bertz CT molecular complexity index is 1230. The molecule has 0 aliphatic heterocycles. The molecule has 154 valence electrons. The van der Waals surface area contributed by atoms with E-state index in [-0.39, 0.29) is 11.4 Å². The molecule has 29 heavy (non-hydrogen) atoms. The SMILES string of the molecule is CS(=O)(=O)c1cc(F)c(-c2coc(=O)n2-c2ccc(OC(F)(F)F)cc2)cc1F. The normalized spacial score (nSPS) is 12.2. The summed E-state index contributed by atoms with van der Waals surface area (Å²) in [5.41, 5.74) is -0.799. The molecule has 0 N–H and O–H groups in total. The molecule has 3 rings (SSSR count). The lowest BCUT2D eigenvalue weighted by atomic mass is 10.1. The highest BCUT2D eigenvalue weighted by molar-refractivity contribution is 7.90. The maximum Gasteiger partial charge on any atom is 0.573 e. The highest BCUT2D eigenvalue weighted by Crippen LogP contribution is 2.30. The van der Waals surface area contributed by atoms with E-state index < -0.39 is 49.8 Å². The van der Waals surface area contributed by atoms with Crippen LogP contribution in [0.1, 0.15) is 0 Å². The van der Waals surface area contributed by atoms with Gasteiger partial charge in [0, 0.05) is 11.8 Å². The Morgan fingerprint density at radius 2 is 1.66 bits per heavy atom. The first kappa shape index (κ1) is 20.6. The highest BCUT2D eigenvalue weighted by Gasteiger charge is 2.31. The minimum Gasteiger partial charge on any atom is -0.415 e. The Kier molecular flexibility index (Phi) is 4.99. The van der Waals surface area contributed by atoms with E-state index >= 15 is 0 Å². The molecule has 0 aliphatic carbocycles. The second-order valence-electron chi connectivity index (χ2n) is 5.80. The first-order chi connectivity index (χ1) is 13.4. The number of halogens is 5. The first-order valence-electron chi connectivity index (χ1n) is 7.63. The Hall–Kier alpha value is -3.15. The predicted molar refractivity (Wildman–Crippen MR) is 89.4 cm³/mol.